The van der Waals surface area contributed by atoms with Crippen molar-refractivity contribution in [2.24, 2.45) is 11.8 Å². The van der Waals surface area contributed by atoms with Gasteiger partial charge >= 0.3 is 0 Å². The minimum absolute atomic E-state index is 0.0140. The van der Waals surface area contributed by atoms with E-state index in [-0.39, 0.29) is 29.8 Å². The first-order valence-corrected chi connectivity index (χ1v) is 14.9. The smallest absolute Gasteiger partial charge is 0.227 e. The maximum Gasteiger partial charge on any atom is 0.227 e. The molecule has 4 heterocycles. The molecule has 8 nitrogen and oxygen atoms in total. The first-order valence-electron chi connectivity index (χ1n) is 14.9. The molecule has 2 amide bonds. The highest BCUT2D eigenvalue weighted by atomic mass is 16.2. The van der Waals surface area contributed by atoms with E-state index < -0.39 is 0 Å². The molecular formula is C31H42N6O2. The lowest BCUT2D eigenvalue weighted by atomic mass is 9.79. The molecule has 6 rings (SSSR count). The fourth-order valence-corrected chi connectivity index (χ4v) is 6.68. The number of hydrogen-bond donors (Lipinski definition) is 1. The van der Waals surface area contributed by atoms with Crippen LogP contribution in [0.3, 0.4) is 0 Å². The van der Waals surface area contributed by atoms with Gasteiger partial charge in [-0.3, -0.25) is 9.59 Å². The zero-order chi connectivity index (χ0) is 26.9. The Morgan fingerprint density at radius 2 is 1.79 bits per heavy atom. The first kappa shape index (κ1) is 26.2. The molecule has 0 bridgehead atoms. The maximum atomic E-state index is 14.0. The molecule has 0 radical (unpaired) electrons. The van der Waals surface area contributed by atoms with E-state index in [2.05, 4.69) is 58.3 Å². The molecule has 39 heavy (non-hydrogen) atoms. The summed E-state index contributed by atoms with van der Waals surface area (Å²) in [5, 5.41) is 3.53. The Morgan fingerprint density at radius 1 is 1.03 bits per heavy atom. The van der Waals surface area contributed by atoms with Crippen LogP contribution in [0.4, 0.5) is 5.95 Å². The van der Waals surface area contributed by atoms with Gasteiger partial charge in [0.15, 0.2) is 0 Å². The lowest BCUT2D eigenvalue weighted by Gasteiger charge is -2.42. The molecule has 2 aromatic rings. The highest BCUT2D eigenvalue weighted by Gasteiger charge is 2.39. The number of likely N-dealkylation sites (tertiary alicyclic amines) is 2. The van der Waals surface area contributed by atoms with E-state index in [1.165, 1.54) is 18.4 Å². The van der Waals surface area contributed by atoms with Crippen LogP contribution in [0, 0.1) is 11.8 Å². The van der Waals surface area contributed by atoms with Crippen LogP contribution >= 0.6 is 0 Å². The SMILES string of the molecule is C[C@@H]1Cc2cnc(NC3CCN(C(=O)CC4CC4)CC3)nc2CN1C(=O)[C@H]1CCN(C)C[C@@H]1c1ccccc1. The van der Waals surface area contributed by atoms with Crippen molar-refractivity contribution in [3.8, 4) is 0 Å². The van der Waals surface area contributed by atoms with Gasteiger partial charge in [0.2, 0.25) is 17.8 Å². The van der Waals surface area contributed by atoms with Crippen LogP contribution in [0.15, 0.2) is 36.5 Å². The Hall–Kier alpha value is -3.00. The Balaban J connectivity index is 1.11. The second kappa shape index (κ2) is 11.2. The normalized spacial score (nSPS) is 26.3. The third kappa shape index (κ3) is 5.96. The van der Waals surface area contributed by atoms with Crippen molar-refractivity contribution < 1.29 is 9.59 Å². The van der Waals surface area contributed by atoms with E-state index in [0.717, 1.165) is 69.5 Å². The number of piperidine rings is 2. The van der Waals surface area contributed by atoms with E-state index in [9.17, 15) is 9.59 Å². The number of hydrogen-bond acceptors (Lipinski definition) is 6. The summed E-state index contributed by atoms with van der Waals surface area (Å²) < 4.78 is 0. The second-order valence-electron chi connectivity index (χ2n) is 12.3. The summed E-state index contributed by atoms with van der Waals surface area (Å²) in [6, 6.07) is 10.9. The molecular weight excluding hydrogens is 488 g/mol. The Kier molecular flexibility index (Phi) is 7.56. The third-order valence-electron chi connectivity index (χ3n) is 9.31. The van der Waals surface area contributed by atoms with Gasteiger partial charge in [-0.25, -0.2) is 9.97 Å². The van der Waals surface area contributed by atoms with E-state index in [1.807, 2.05) is 17.2 Å². The molecule has 4 aliphatic rings. The molecule has 0 spiro atoms. The average Bonchev–Trinajstić information content (AvgIpc) is 3.77. The van der Waals surface area contributed by atoms with Gasteiger partial charge in [0.25, 0.3) is 0 Å². The molecule has 1 aliphatic carbocycles. The molecule has 1 saturated carbocycles. The number of anilines is 1. The highest BCUT2D eigenvalue weighted by Crippen LogP contribution is 2.36. The van der Waals surface area contributed by atoms with Crippen molar-refractivity contribution in [3.63, 3.8) is 0 Å². The fraction of sp³-hybridized carbons (Fsp3) is 0.613. The summed E-state index contributed by atoms with van der Waals surface area (Å²) in [4.78, 5) is 42.5. The standard InChI is InChI=1S/C31H42N6O2/c1-21-16-24-18-32-31(33-25-10-14-36(15-11-25)29(38)17-22-8-9-22)34-28(24)20-37(21)30(39)26-12-13-35(2)19-27(26)23-6-4-3-5-7-23/h3-7,18,21-22,25-27H,8-17,19-20H2,1-2H3,(H,32,33,34)/t21-,26+,27-/m1/s1. The summed E-state index contributed by atoms with van der Waals surface area (Å²) in [5.41, 5.74) is 3.35. The van der Waals surface area contributed by atoms with Crippen LogP contribution in [-0.4, -0.2) is 81.8 Å². The van der Waals surface area contributed by atoms with Gasteiger partial charge in [0, 0.05) is 56.2 Å². The van der Waals surface area contributed by atoms with Crippen LogP contribution in [0.1, 0.15) is 68.2 Å². The Bertz CT molecular complexity index is 1180. The number of benzene rings is 1. The van der Waals surface area contributed by atoms with Gasteiger partial charge in [0.05, 0.1) is 12.2 Å². The zero-order valence-electron chi connectivity index (χ0n) is 23.4. The number of aromatic nitrogens is 2. The van der Waals surface area contributed by atoms with Crippen molar-refractivity contribution >= 4 is 17.8 Å². The quantitative estimate of drug-likeness (QED) is 0.614. The molecule has 208 valence electrons. The Labute approximate surface area is 232 Å². The van der Waals surface area contributed by atoms with Crippen molar-refractivity contribution in [3.05, 3.63) is 53.3 Å². The molecule has 3 fully saturated rings. The number of rotatable bonds is 6. The maximum absolute atomic E-state index is 14.0. The van der Waals surface area contributed by atoms with Crippen molar-refractivity contribution in [1.82, 2.24) is 24.7 Å². The van der Waals surface area contributed by atoms with E-state index in [4.69, 9.17) is 4.98 Å². The Morgan fingerprint density at radius 3 is 2.54 bits per heavy atom. The fourth-order valence-electron chi connectivity index (χ4n) is 6.68. The minimum atomic E-state index is -0.0140. The molecule has 3 atom stereocenters. The molecule has 1 aromatic carbocycles. The average molecular weight is 531 g/mol. The lowest BCUT2D eigenvalue weighted by Crippen LogP contribution is -2.50. The monoisotopic (exact) mass is 530 g/mol. The predicted octanol–water partition coefficient (Wildman–Crippen LogP) is 3.69. The van der Waals surface area contributed by atoms with Crippen molar-refractivity contribution in [1.29, 1.82) is 0 Å². The van der Waals surface area contributed by atoms with Gasteiger partial charge in [-0.2, -0.15) is 0 Å². The summed E-state index contributed by atoms with van der Waals surface area (Å²) in [6.07, 6.45) is 8.59. The topological polar surface area (TPSA) is 81.7 Å². The minimum Gasteiger partial charge on any atom is -0.351 e. The van der Waals surface area contributed by atoms with Crippen LogP contribution in [0.25, 0.3) is 0 Å². The van der Waals surface area contributed by atoms with E-state index >= 15 is 0 Å². The lowest BCUT2D eigenvalue weighted by molar-refractivity contribution is -0.141. The summed E-state index contributed by atoms with van der Waals surface area (Å²) >= 11 is 0. The highest BCUT2D eigenvalue weighted by molar-refractivity contribution is 5.81. The van der Waals surface area contributed by atoms with Gasteiger partial charge in [0.1, 0.15) is 0 Å². The van der Waals surface area contributed by atoms with Crippen LogP contribution in [-0.2, 0) is 22.6 Å². The number of amides is 2. The van der Waals surface area contributed by atoms with Crippen molar-refractivity contribution in [2.45, 2.75) is 76.4 Å². The molecule has 0 unspecified atom stereocenters. The molecule has 1 N–H and O–H groups in total. The summed E-state index contributed by atoms with van der Waals surface area (Å²) in [6.45, 7) is 6.13. The number of carbonyl (C=O) groups is 2. The third-order valence-corrected chi connectivity index (χ3v) is 9.31. The van der Waals surface area contributed by atoms with Crippen molar-refractivity contribution in [2.75, 3.05) is 38.5 Å². The number of fused-ring (bicyclic) bond motifs is 1. The first-order chi connectivity index (χ1) is 18.9. The second-order valence-corrected chi connectivity index (χ2v) is 12.3. The summed E-state index contributed by atoms with van der Waals surface area (Å²) in [7, 11) is 2.15. The van der Waals surface area contributed by atoms with Crippen LogP contribution < -0.4 is 5.32 Å². The van der Waals surface area contributed by atoms with Gasteiger partial charge < -0.3 is 20.0 Å². The number of nitrogens with one attached hydrogen (secondary N) is 1. The van der Waals surface area contributed by atoms with Gasteiger partial charge in [-0.1, -0.05) is 30.3 Å². The predicted molar refractivity (Wildman–Crippen MR) is 151 cm³/mol. The van der Waals surface area contributed by atoms with Gasteiger partial charge in [-0.15, -0.1) is 0 Å². The molecule has 8 heteroatoms. The zero-order valence-corrected chi connectivity index (χ0v) is 23.4. The largest absolute Gasteiger partial charge is 0.351 e. The van der Waals surface area contributed by atoms with Gasteiger partial charge in [-0.05, 0) is 76.1 Å². The van der Waals surface area contributed by atoms with E-state index in [1.54, 1.807) is 0 Å². The molecule has 3 aliphatic heterocycles. The van der Waals surface area contributed by atoms with Crippen LogP contribution in [0.5, 0.6) is 0 Å². The van der Waals surface area contributed by atoms with Crippen LogP contribution in [0.2, 0.25) is 0 Å². The number of likely N-dealkylation sites (N-methyl/N-ethyl adjacent to an activating group) is 1. The molecule has 1 aromatic heterocycles. The molecule has 2 saturated heterocycles. The summed E-state index contributed by atoms with van der Waals surface area (Å²) in [5.74, 6) is 2.04. The van der Waals surface area contributed by atoms with E-state index in [0.29, 0.717) is 24.3 Å². The number of carbonyl (C=O) groups excluding carboxylic acids is 2. The number of nitrogens with zero attached hydrogens (tertiary/aromatic N) is 5.